The molecule has 0 bridgehead atoms. The van der Waals surface area contributed by atoms with Gasteiger partial charge < -0.3 is 14.2 Å². The predicted octanol–water partition coefficient (Wildman–Crippen LogP) is 3.43. The standard InChI is InChI=1S/C15H26O3Si/c1-7-19(8-2,9-3)15-13(17-5)10-12(16-4)11-14(15)18-6/h10-11H,7-9H2,1-6H3. The van der Waals surface area contributed by atoms with Gasteiger partial charge in [-0.05, 0) is 0 Å². The average molecular weight is 282 g/mol. The van der Waals surface area contributed by atoms with E-state index in [9.17, 15) is 0 Å². The molecule has 0 amide bonds. The minimum Gasteiger partial charge on any atom is -0.497 e. The van der Waals surface area contributed by atoms with Gasteiger partial charge in [-0.3, -0.25) is 0 Å². The summed E-state index contributed by atoms with van der Waals surface area (Å²) in [5, 5.41) is 1.30. The van der Waals surface area contributed by atoms with Gasteiger partial charge in [-0.15, -0.1) is 0 Å². The first kappa shape index (κ1) is 15.9. The third-order valence-electron chi connectivity index (χ3n) is 4.28. The van der Waals surface area contributed by atoms with E-state index < -0.39 is 8.07 Å². The Morgan fingerprint density at radius 3 is 1.47 bits per heavy atom. The molecule has 0 N–H and O–H groups in total. The zero-order valence-corrected chi connectivity index (χ0v) is 14.0. The fraction of sp³-hybridized carbons (Fsp3) is 0.600. The highest BCUT2D eigenvalue weighted by atomic mass is 28.3. The van der Waals surface area contributed by atoms with Crippen LogP contribution in [0, 0.1) is 0 Å². The number of benzene rings is 1. The fourth-order valence-electron chi connectivity index (χ4n) is 2.81. The second-order valence-corrected chi connectivity index (χ2v) is 9.93. The number of ether oxygens (including phenoxy) is 3. The molecule has 0 aliphatic rings. The average Bonchev–Trinajstić information content (AvgIpc) is 2.49. The summed E-state index contributed by atoms with van der Waals surface area (Å²) in [6.45, 7) is 6.84. The number of rotatable bonds is 7. The number of methoxy groups -OCH3 is 3. The largest absolute Gasteiger partial charge is 0.497 e. The molecule has 4 heteroatoms. The van der Waals surface area contributed by atoms with Crippen LogP contribution in [0.3, 0.4) is 0 Å². The van der Waals surface area contributed by atoms with E-state index in [0.29, 0.717) is 0 Å². The highest BCUT2D eigenvalue weighted by Gasteiger charge is 2.35. The first-order chi connectivity index (χ1) is 9.12. The normalized spacial score (nSPS) is 11.3. The Morgan fingerprint density at radius 1 is 0.789 bits per heavy atom. The van der Waals surface area contributed by atoms with Crippen molar-refractivity contribution in [3.05, 3.63) is 12.1 Å². The van der Waals surface area contributed by atoms with E-state index in [2.05, 4.69) is 20.8 Å². The van der Waals surface area contributed by atoms with Crippen LogP contribution in [0.1, 0.15) is 20.8 Å². The van der Waals surface area contributed by atoms with Crippen molar-refractivity contribution in [2.45, 2.75) is 38.9 Å². The Balaban J connectivity index is 3.54. The van der Waals surface area contributed by atoms with Crippen molar-refractivity contribution in [3.8, 4) is 17.2 Å². The second kappa shape index (κ2) is 6.85. The molecule has 3 nitrogen and oxygen atoms in total. The van der Waals surface area contributed by atoms with Crippen molar-refractivity contribution in [3.63, 3.8) is 0 Å². The van der Waals surface area contributed by atoms with Gasteiger partial charge in [-0.25, -0.2) is 0 Å². The van der Waals surface area contributed by atoms with Gasteiger partial charge in [-0.2, -0.15) is 0 Å². The summed E-state index contributed by atoms with van der Waals surface area (Å²) in [6.07, 6.45) is 0. The third-order valence-corrected chi connectivity index (χ3v) is 9.89. The lowest BCUT2D eigenvalue weighted by atomic mass is 10.3. The number of hydrogen-bond acceptors (Lipinski definition) is 3. The van der Waals surface area contributed by atoms with Crippen LogP contribution in [-0.2, 0) is 0 Å². The van der Waals surface area contributed by atoms with Gasteiger partial charge in [0.1, 0.15) is 17.2 Å². The van der Waals surface area contributed by atoms with Crippen LogP contribution in [0.25, 0.3) is 0 Å². The zero-order chi connectivity index (χ0) is 14.5. The molecule has 19 heavy (non-hydrogen) atoms. The van der Waals surface area contributed by atoms with Gasteiger partial charge in [0.15, 0.2) is 0 Å². The summed E-state index contributed by atoms with van der Waals surface area (Å²) in [6, 6.07) is 7.53. The molecular weight excluding hydrogens is 256 g/mol. The molecule has 0 heterocycles. The van der Waals surface area contributed by atoms with E-state index in [4.69, 9.17) is 14.2 Å². The SMILES string of the molecule is CC[Si](CC)(CC)c1c(OC)cc(OC)cc1OC. The van der Waals surface area contributed by atoms with E-state index in [-0.39, 0.29) is 0 Å². The van der Waals surface area contributed by atoms with E-state index in [0.717, 1.165) is 17.2 Å². The molecule has 0 aliphatic heterocycles. The van der Waals surface area contributed by atoms with E-state index in [1.165, 1.54) is 23.3 Å². The topological polar surface area (TPSA) is 27.7 Å². The van der Waals surface area contributed by atoms with Crippen LogP contribution in [0.15, 0.2) is 12.1 Å². The molecule has 0 atom stereocenters. The van der Waals surface area contributed by atoms with Crippen LogP contribution in [0.2, 0.25) is 18.1 Å². The van der Waals surface area contributed by atoms with E-state index in [1.807, 2.05) is 12.1 Å². The first-order valence-electron chi connectivity index (χ1n) is 6.92. The van der Waals surface area contributed by atoms with Gasteiger partial charge in [0.05, 0.1) is 29.4 Å². The summed E-state index contributed by atoms with van der Waals surface area (Å²) in [7, 11) is 3.54. The Morgan fingerprint density at radius 2 is 1.21 bits per heavy atom. The molecule has 0 saturated heterocycles. The lowest BCUT2D eigenvalue weighted by Gasteiger charge is -2.31. The molecule has 0 fully saturated rings. The Hall–Kier alpha value is -1.16. The first-order valence-corrected chi connectivity index (χ1v) is 9.55. The van der Waals surface area contributed by atoms with Crippen molar-refractivity contribution < 1.29 is 14.2 Å². The highest BCUT2D eigenvalue weighted by molar-refractivity contribution is 6.93. The lowest BCUT2D eigenvalue weighted by molar-refractivity contribution is 0.379. The Kier molecular flexibility index (Phi) is 5.73. The molecule has 0 radical (unpaired) electrons. The summed E-state index contributed by atoms with van der Waals surface area (Å²) >= 11 is 0. The minimum absolute atomic E-state index is 0.781. The third kappa shape index (κ3) is 2.89. The predicted molar refractivity (Wildman–Crippen MR) is 82.9 cm³/mol. The lowest BCUT2D eigenvalue weighted by Crippen LogP contribution is -2.47. The monoisotopic (exact) mass is 282 g/mol. The number of hydrogen-bond donors (Lipinski definition) is 0. The van der Waals surface area contributed by atoms with Gasteiger partial charge in [0.2, 0.25) is 0 Å². The van der Waals surface area contributed by atoms with Crippen molar-refractivity contribution in [2.24, 2.45) is 0 Å². The van der Waals surface area contributed by atoms with Crippen molar-refractivity contribution in [1.82, 2.24) is 0 Å². The van der Waals surface area contributed by atoms with Crippen LogP contribution < -0.4 is 19.4 Å². The Bertz CT molecular complexity index is 381. The molecule has 0 unspecified atom stereocenters. The fourth-order valence-corrected chi connectivity index (χ4v) is 6.76. The maximum atomic E-state index is 5.62. The van der Waals surface area contributed by atoms with Gasteiger partial charge >= 0.3 is 0 Å². The molecule has 1 aromatic rings. The van der Waals surface area contributed by atoms with Crippen LogP contribution >= 0.6 is 0 Å². The van der Waals surface area contributed by atoms with Crippen molar-refractivity contribution >= 4 is 13.3 Å². The zero-order valence-electron chi connectivity index (χ0n) is 13.0. The van der Waals surface area contributed by atoms with Crippen LogP contribution in [0.5, 0.6) is 17.2 Å². The maximum Gasteiger partial charge on any atom is 0.126 e. The van der Waals surface area contributed by atoms with Crippen molar-refractivity contribution in [2.75, 3.05) is 21.3 Å². The van der Waals surface area contributed by atoms with Gasteiger partial charge in [-0.1, -0.05) is 38.9 Å². The molecule has 1 rings (SSSR count). The van der Waals surface area contributed by atoms with Crippen LogP contribution in [0.4, 0.5) is 0 Å². The van der Waals surface area contributed by atoms with Gasteiger partial charge in [0, 0.05) is 17.3 Å². The molecule has 0 saturated carbocycles. The molecule has 1 aromatic carbocycles. The molecular formula is C15H26O3Si. The maximum absolute atomic E-state index is 5.62. The van der Waals surface area contributed by atoms with Crippen molar-refractivity contribution in [1.29, 1.82) is 0 Å². The quantitative estimate of drug-likeness (QED) is 0.717. The summed E-state index contributed by atoms with van der Waals surface area (Å²) in [5.41, 5.74) is 0. The minimum atomic E-state index is -1.57. The highest BCUT2D eigenvalue weighted by Crippen LogP contribution is 2.33. The molecule has 0 aromatic heterocycles. The summed E-state index contributed by atoms with van der Waals surface area (Å²) < 4.78 is 16.6. The molecule has 0 spiro atoms. The summed E-state index contributed by atoms with van der Waals surface area (Å²) in [4.78, 5) is 0. The second-order valence-electron chi connectivity index (χ2n) is 4.75. The summed E-state index contributed by atoms with van der Waals surface area (Å²) in [5.74, 6) is 2.60. The molecule has 108 valence electrons. The van der Waals surface area contributed by atoms with Crippen LogP contribution in [-0.4, -0.2) is 29.4 Å². The van der Waals surface area contributed by atoms with E-state index in [1.54, 1.807) is 21.3 Å². The molecule has 0 aliphatic carbocycles. The van der Waals surface area contributed by atoms with Gasteiger partial charge in [0.25, 0.3) is 0 Å². The Labute approximate surface area is 117 Å². The van der Waals surface area contributed by atoms with E-state index >= 15 is 0 Å². The smallest absolute Gasteiger partial charge is 0.126 e.